The molecule has 0 aliphatic heterocycles. The van der Waals surface area contributed by atoms with E-state index in [-0.39, 0.29) is 11.5 Å². The summed E-state index contributed by atoms with van der Waals surface area (Å²) in [5.41, 5.74) is 1.37. The number of Topliss-reactive ketones (excluding diaryl/α,β-unsaturated/α-hetero) is 1. The predicted octanol–water partition coefficient (Wildman–Crippen LogP) is 4.12. The van der Waals surface area contributed by atoms with Crippen molar-refractivity contribution in [2.45, 2.75) is 5.16 Å². The summed E-state index contributed by atoms with van der Waals surface area (Å²) in [6.07, 6.45) is 0. The molecule has 0 saturated carbocycles. The third-order valence-corrected chi connectivity index (χ3v) is 5.04. The van der Waals surface area contributed by atoms with E-state index in [4.69, 9.17) is 16.3 Å². The fraction of sp³-hybridized carbons (Fsp3) is 0.167. The Hall–Kier alpha value is -2.31. The van der Waals surface area contributed by atoms with Crippen molar-refractivity contribution in [3.05, 3.63) is 59.1 Å². The molecule has 1 heterocycles. The number of halogens is 1. The zero-order valence-corrected chi connectivity index (χ0v) is 15.3. The van der Waals surface area contributed by atoms with Crippen molar-refractivity contribution < 1.29 is 9.53 Å². The summed E-state index contributed by atoms with van der Waals surface area (Å²) in [5.74, 6) is 1.46. The number of nitrogens with zero attached hydrogens (tertiary/aromatic N) is 3. The number of ether oxygens (including phenoxy) is 1. The van der Waals surface area contributed by atoms with Crippen LogP contribution in [0.1, 0.15) is 10.4 Å². The van der Waals surface area contributed by atoms with E-state index in [0.29, 0.717) is 27.3 Å². The number of hydrogen-bond acceptors (Lipinski definition) is 5. The molecule has 5 nitrogen and oxygen atoms in total. The number of rotatable bonds is 6. The maximum atomic E-state index is 12.5. The minimum atomic E-state index is -0.0234. The Morgan fingerprint density at radius 1 is 1.16 bits per heavy atom. The number of carbonyl (C=O) groups is 1. The minimum absolute atomic E-state index is 0.0234. The number of para-hydroxylation sites is 1. The van der Waals surface area contributed by atoms with Crippen molar-refractivity contribution in [3.8, 4) is 17.1 Å². The summed E-state index contributed by atoms with van der Waals surface area (Å²) in [7, 11) is 3.41. The largest absolute Gasteiger partial charge is 0.496 e. The molecular weight excluding hydrogens is 358 g/mol. The number of benzene rings is 2. The summed E-state index contributed by atoms with van der Waals surface area (Å²) in [6, 6.07) is 14.6. The Bertz CT molecular complexity index is 911. The zero-order valence-electron chi connectivity index (χ0n) is 13.8. The van der Waals surface area contributed by atoms with Crippen molar-refractivity contribution in [1.29, 1.82) is 0 Å². The molecule has 0 fully saturated rings. The van der Waals surface area contributed by atoms with Crippen LogP contribution in [0.2, 0.25) is 5.02 Å². The topological polar surface area (TPSA) is 57.0 Å². The first-order chi connectivity index (χ1) is 12.1. The van der Waals surface area contributed by atoms with Gasteiger partial charge >= 0.3 is 0 Å². The first kappa shape index (κ1) is 17.5. The van der Waals surface area contributed by atoms with E-state index in [0.717, 1.165) is 5.56 Å². The molecule has 3 aromatic rings. The highest BCUT2D eigenvalue weighted by Crippen LogP contribution is 2.29. The molecule has 0 aliphatic carbocycles. The maximum absolute atomic E-state index is 12.5. The van der Waals surface area contributed by atoms with Crippen molar-refractivity contribution >= 4 is 29.1 Å². The standard InChI is InChI=1S/C18H16ClN3O2S/c1-22-17(12-7-3-5-9-14(12)19)20-21-18(22)25-11-15(23)13-8-4-6-10-16(13)24-2/h3-10H,11H2,1-2H3. The molecule has 0 aliphatic rings. The molecule has 0 saturated heterocycles. The second-order valence-electron chi connectivity index (χ2n) is 5.26. The maximum Gasteiger partial charge on any atom is 0.191 e. The van der Waals surface area contributed by atoms with E-state index in [9.17, 15) is 4.79 Å². The van der Waals surface area contributed by atoms with Crippen LogP contribution in [0.5, 0.6) is 5.75 Å². The highest BCUT2D eigenvalue weighted by Gasteiger charge is 2.17. The van der Waals surface area contributed by atoms with E-state index in [1.54, 1.807) is 19.2 Å². The van der Waals surface area contributed by atoms with Crippen LogP contribution in [-0.4, -0.2) is 33.4 Å². The first-order valence-electron chi connectivity index (χ1n) is 7.55. The van der Waals surface area contributed by atoms with Gasteiger partial charge in [-0.05, 0) is 24.3 Å². The van der Waals surface area contributed by atoms with Gasteiger partial charge in [0.05, 0.1) is 23.4 Å². The van der Waals surface area contributed by atoms with Crippen molar-refractivity contribution in [3.63, 3.8) is 0 Å². The fourth-order valence-electron chi connectivity index (χ4n) is 2.40. The molecule has 7 heteroatoms. The van der Waals surface area contributed by atoms with Gasteiger partial charge in [-0.25, -0.2) is 0 Å². The molecule has 2 aromatic carbocycles. The SMILES string of the molecule is COc1ccccc1C(=O)CSc1nnc(-c2ccccc2Cl)n1C. The van der Waals surface area contributed by atoms with Crippen molar-refractivity contribution in [1.82, 2.24) is 14.8 Å². The van der Waals surface area contributed by atoms with E-state index >= 15 is 0 Å². The van der Waals surface area contributed by atoms with Crippen molar-refractivity contribution in [2.24, 2.45) is 7.05 Å². The van der Waals surface area contributed by atoms with Crippen molar-refractivity contribution in [2.75, 3.05) is 12.9 Å². The number of aromatic nitrogens is 3. The molecule has 1 aromatic heterocycles. The van der Waals surface area contributed by atoms with E-state index in [2.05, 4.69) is 10.2 Å². The molecule has 0 bridgehead atoms. The van der Waals surface area contributed by atoms with Crippen LogP contribution in [0.4, 0.5) is 0 Å². The van der Waals surface area contributed by atoms with Gasteiger partial charge in [0.15, 0.2) is 16.8 Å². The number of methoxy groups -OCH3 is 1. The Kier molecular flexibility index (Phi) is 5.40. The van der Waals surface area contributed by atoms with E-state index in [1.165, 1.54) is 11.8 Å². The van der Waals surface area contributed by atoms with Crippen LogP contribution in [0.25, 0.3) is 11.4 Å². The Labute approximate surface area is 155 Å². The van der Waals surface area contributed by atoms with Gasteiger partial charge in [0.1, 0.15) is 5.75 Å². The van der Waals surface area contributed by atoms with Crippen LogP contribution in [0, 0.1) is 0 Å². The van der Waals surface area contributed by atoms with Gasteiger partial charge < -0.3 is 9.30 Å². The lowest BCUT2D eigenvalue weighted by Gasteiger charge is -2.07. The number of thioether (sulfide) groups is 1. The summed E-state index contributed by atoms with van der Waals surface area (Å²) in [6.45, 7) is 0. The van der Waals surface area contributed by atoms with Crippen LogP contribution in [0.15, 0.2) is 53.7 Å². The molecule has 0 atom stereocenters. The molecule has 0 unspecified atom stereocenters. The normalized spacial score (nSPS) is 10.7. The summed E-state index contributed by atoms with van der Waals surface area (Å²) in [4.78, 5) is 12.5. The third kappa shape index (κ3) is 3.70. The lowest BCUT2D eigenvalue weighted by Crippen LogP contribution is -2.06. The lowest BCUT2D eigenvalue weighted by atomic mass is 10.1. The van der Waals surface area contributed by atoms with E-state index in [1.807, 2.05) is 48.0 Å². The highest BCUT2D eigenvalue weighted by molar-refractivity contribution is 7.99. The van der Waals surface area contributed by atoms with Gasteiger partial charge in [-0.2, -0.15) is 0 Å². The molecule has 3 rings (SSSR count). The molecule has 0 N–H and O–H groups in total. The predicted molar refractivity (Wildman–Crippen MR) is 99.5 cm³/mol. The molecular formula is C18H16ClN3O2S. The Morgan fingerprint density at radius 3 is 2.64 bits per heavy atom. The van der Waals surface area contributed by atoms with Gasteiger partial charge in [0.25, 0.3) is 0 Å². The van der Waals surface area contributed by atoms with Gasteiger partial charge in [-0.1, -0.05) is 47.6 Å². The third-order valence-electron chi connectivity index (χ3n) is 3.69. The van der Waals surface area contributed by atoms with Crippen LogP contribution in [-0.2, 0) is 7.05 Å². The monoisotopic (exact) mass is 373 g/mol. The highest BCUT2D eigenvalue weighted by atomic mass is 35.5. The zero-order chi connectivity index (χ0) is 17.8. The summed E-state index contributed by atoms with van der Waals surface area (Å²) in [5, 5.41) is 9.64. The van der Waals surface area contributed by atoms with Crippen LogP contribution in [0.3, 0.4) is 0 Å². The summed E-state index contributed by atoms with van der Waals surface area (Å²) >= 11 is 7.56. The smallest absolute Gasteiger partial charge is 0.191 e. The fourth-order valence-corrected chi connectivity index (χ4v) is 3.42. The molecule has 128 valence electrons. The van der Waals surface area contributed by atoms with Gasteiger partial charge in [0, 0.05) is 12.6 Å². The van der Waals surface area contributed by atoms with E-state index < -0.39 is 0 Å². The minimum Gasteiger partial charge on any atom is -0.496 e. The number of ketones is 1. The van der Waals surface area contributed by atoms with Crippen LogP contribution >= 0.6 is 23.4 Å². The summed E-state index contributed by atoms with van der Waals surface area (Å²) < 4.78 is 7.07. The van der Waals surface area contributed by atoms with Gasteiger partial charge in [0.2, 0.25) is 0 Å². The molecule has 0 radical (unpaired) electrons. The van der Waals surface area contributed by atoms with Gasteiger partial charge in [-0.3, -0.25) is 4.79 Å². The first-order valence-corrected chi connectivity index (χ1v) is 8.91. The lowest BCUT2D eigenvalue weighted by molar-refractivity contribution is 0.101. The average molecular weight is 374 g/mol. The number of hydrogen-bond donors (Lipinski definition) is 0. The molecule has 0 amide bonds. The average Bonchev–Trinajstić information content (AvgIpc) is 3.00. The number of carbonyl (C=O) groups excluding carboxylic acids is 1. The van der Waals surface area contributed by atoms with Crippen LogP contribution < -0.4 is 4.74 Å². The molecule has 0 spiro atoms. The van der Waals surface area contributed by atoms with Gasteiger partial charge in [-0.15, -0.1) is 10.2 Å². The quantitative estimate of drug-likeness (QED) is 0.480. The second kappa shape index (κ2) is 7.72. The molecule has 25 heavy (non-hydrogen) atoms. The Balaban J connectivity index is 1.77. The Morgan fingerprint density at radius 2 is 1.88 bits per heavy atom. The second-order valence-corrected chi connectivity index (χ2v) is 6.61.